The molecule has 0 heterocycles. The van der Waals surface area contributed by atoms with Gasteiger partial charge in [0.2, 0.25) is 0 Å². The van der Waals surface area contributed by atoms with Gasteiger partial charge in [-0.05, 0) is 13.8 Å². The standard InChI is InChI=1S/C8H17F2NO2/c1-7(2)13-4-3-12-6-8(9,10)5-11/h7H,3-6,11H2,1-2H3. The molecule has 0 radical (unpaired) electrons. The molecule has 0 aromatic rings. The van der Waals surface area contributed by atoms with E-state index in [2.05, 4.69) is 4.74 Å². The summed E-state index contributed by atoms with van der Waals surface area (Å²) in [6, 6.07) is 0. The van der Waals surface area contributed by atoms with Crippen molar-refractivity contribution in [3.63, 3.8) is 0 Å². The molecule has 0 atom stereocenters. The number of hydrogen-bond acceptors (Lipinski definition) is 3. The van der Waals surface area contributed by atoms with Gasteiger partial charge in [0.15, 0.2) is 0 Å². The highest BCUT2D eigenvalue weighted by Gasteiger charge is 2.26. The predicted molar refractivity (Wildman–Crippen MR) is 45.9 cm³/mol. The van der Waals surface area contributed by atoms with Crippen LogP contribution < -0.4 is 5.73 Å². The Bertz CT molecular complexity index is 131. The van der Waals surface area contributed by atoms with Gasteiger partial charge in [-0.25, -0.2) is 8.78 Å². The van der Waals surface area contributed by atoms with Crippen LogP contribution in [-0.4, -0.2) is 38.4 Å². The predicted octanol–water partition coefficient (Wildman–Crippen LogP) is 1.02. The van der Waals surface area contributed by atoms with Crippen LogP contribution >= 0.6 is 0 Å². The Labute approximate surface area is 77.2 Å². The summed E-state index contributed by atoms with van der Waals surface area (Å²) in [7, 11) is 0. The van der Waals surface area contributed by atoms with Crippen molar-refractivity contribution in [1.82, 2.24) is 0 Å². The molecule has 0 spiro atoms. The van der Waals surface area contributed by atoms with Crippen molar-refractivity contribution in [2.45, 2.75) is 25.9 Å². The van der Waals surface area contributed by atoms with Crippen molar-refractivity contribution in [1.29, 1.82) is 0 Å². The SMILES string of the molecule is CC(C)OCCOCC(F)(F)CN. The zero-order valence-corrected chi connectivity index (χ0v) is 8.06. The quantitative estimate of drug-likeness (QED) is 0.620. The van der Waals surface area contributed by atoms with Crippen LogP contribution in [0.2, 0.25) is 0 Å². The van der Waals surface area contributed by atoms with Crippen LogP contribution in [0.1, 0.15) is 13.8 Å². The van der Waals surface area contributed by atoms with Gasteiger partial charge in [0.1, 0.15) is 6.61 Å². The minimum absolute atomic E-state index is 0.0959. The molecule has 3 nitrogen and oxygen atoms in total. The molecular weight excluding hydrogens is 180 g/mol. The first kappa shape index (κ1) is 12.7. The molecular formula is C8H17F2NO2. The number of nitrogens with two attached hydrogens (primary N) is 1. The molecule has 0 bridgehead atoms. The molecule has 0 aliphatic heterocycles. The van der Waals surface area contributed by atoms with Crippen molar-refractivity contribution >= 4 is 0 Å². The van der Waals surface area contributed by atoms with Gasteiger partial charge in [-0.15, -0.1) is 0 Å². The average molecular weight is 197 g/mol. The van der Waals surface area contributed by atoms with Crippen molar-refractivity contribution in [2.75, 3.05) is 26.4 Å². The van der Waals surface area contributed by atoms with Crippen molar-refractivity contribution in [2.24, 2.45) is 5.73 Å². The Morgan fingerprint density at radius 1 is 1.31 bits per heavy atom. The second kappa shape index (κ2) is 6.23. The highest BCUT2D eigenvalue weighted by atomic mass is 19.3. The van der Waals surface area contributed by atoms with Gasteiger partial charge >= 0.3 is 0 Å². The number of ether oxygens (including phenoxy) is 2. The molecule has 0 aromatic carbocycles. The lowest BCUT2D eigenvalue weighted by Crippen LogP contribution is -2.33. The third-order valence-corrected chi connectivity index (χ3v) is 1.29. The summed E-state index contributed by atoms with van der Waals surface area (Å²) in [6.07, 6.45) is 0.0959. The number of rotatable bonds is 7. The van der Waals surface area contributed by atoms with E-state index < -0.39 is 19.1 Å². The largest absolute Gasteiger partial charge is 0.376 e. The summed E-state index contributed by atoms with van der Waals surface area (Å²) in [5.74, 6) is -2.92. The van der Waals surface area contributed by atoms with Crippen molar-refractivity contribution in [3.05, 3.63) is 0 Å². The van der Waals surface area contributed by atoms with Gasteiger partial charge in [0, 0.05) is 0 Å². The number of hydrogen-bond donors (Lipinski definition) is 1. The van der Waals surface area contributed by atoms with E-state index in [1.54, 1.807) is 0 Å². The average Bonchev–Trinajstić information content (AvgIpc) is 2.03. The molecule has 0 fully saturated rings. The normalized spacial score (nSPS) is 12.5. The van der Waals surface area contributed by atoms with Gasteiger partial charge in [0.05, 0.1) is 25.9 Å². The second-order valence-electron chi connectivity index (χ2n) is 3.03. The maximum absolute atomic E-state index is 12.4. The molecule has 0 amide bonds. The topological polar surface area (TPSA) is 44.5 Å². The zero-order chi connectivity index (χ0) is 10.3. The van der Waals surface area contributed by atoms with Gasteiger partial charge in [-0.3, -0.25) is 0 Å². The molecule has 13 heavy (non-hydrogen) atoms. The van der Waals surface area contributed by atoms with E-state index in [-0.39, 0.29) is 12.7 Å². The summed E-state index contributed by atoms with van der Waals surface area (Å²) < 4.78 is 34.7. The van der Waals surface area contributed by atoms with E-state index in [0.717, 1.165) is 0 Å². The van der Waals surface area contributed by atoms with E-state index in [1.807, 2.05) is 13.8 Å². The molecule has 0 unspecified atom stereocenters. The van der Waals surface area contributed by atoms with Crippen LogP contribution in [0.25, 0.3) is 0 Å². The number of alkyl halides is 2. The Kier molecular flexibility index (Phi) is 6.11. The molecule has 0 aliphatic rings. The summed E-state index contributed by atoms with van der Waals surface area (Å²) >= 11 is 0. The maximum Gasteiger partial charge on any atom is 0.282 e. The van der Waals surface area contributed by atoms with E-state index >= 15 is 0 Å². The third-order valence-electron chi connectivity index (χ3n) is 1.29. The van der Waals surface area contributed by atoms with Gasteiger partial charge in [-0.1, -0.05) is 0 Å². The minimum atomic E-state index is -2.92. The van der Waals surface area contributed by atoms with Crippen LogP contribution in [0.3, 0.4) is 0 Å². The van der Waals surface area contributed by atoms with E-state index in [0.29, 0.717) is 6.61 Å². The zero-order valence-electron chi connectivity index (χ0n) is 8.06. The van der Waals surface area contributed by atoms with Crippen LogP contribution in [0, 0.1) is 0 Å². The van der Waals surface area contributed by atoms with Crippen LogP contribution in [0.5, 0.6) is 0 Å². The third kappa shape index (κ3) is 8.08. The van der Waals surface area contributed by atoms with E-state index in [1.165, 1.54) is 0 Å². The smallest absolute Gasteiger partial charge is 0.282 e. The highest BCUT2D eigenvalue weighted by molar-refractivity contribution is 4.64. The molecule has 0 saturated heterocycles. The van der Waals surface area contributed by atoms with Gasteiger partial charge < -0.3 is 15.2 Å². The first-order chi connectivity index (χ1) is 5.98. The lowest BCUT2D eigenvalue weighted by Gasteiger charge is -2.14. The summed E-state index contributed by atoms with van der Waals surface area (Å²) in [6.45, 7) is 2.93. The second-order valence-corrected chi connectivity index (χ2v) is 3.03. The van der Waals surface area contributed by atoms with Gasteiger partial charge in [0.25, 0.3) is 5.92 Å². The Morgan fingerprint density at radius 2 is 1.92 bits per heavy atom. The molecule has 80 valence electrons. The first-order valence-electron chi connectivity index (χ1n) is 4.25. The van der Waals surface area contributed by atoms with Crippen molar-refractivity contribution < 1.29 is 18.3 Å². The molecule has 0 saturated carbocycles. The summed E-state index contributed by atoms with van der Waals surface area (Å²) in [5, 5.41) is 0. The van der Waals surface area contributed by atoms with E-state index in [9.17, 15) is 8.78 Å². The van der Waals surface area contributed by atoms with Crippen molar-refractivity contribution in [3.8, 4) is 0 Å². The highest BCUT2D eigenvalue weighted by Crippen LogP contribution is 2.10. The van der Waals surface area contributed by atoms with Crippen LogP contribution in [0.4, 0.5) is 8.78 Å². The van der Waals surface area contributed by atoms with Crippen LogP contribution in [0.15, 0.2) is 0 Å². The van der Waals surface area contributed by atoms with E-state index in [4.69, 9.17) is 10.5 Å². The summed E-state index contributed by atoms with van der Waals surface area (Å²) in [5.41, 5.74) is 4.81. The molecule has 0 aromatic heterocycles. The van der Waals surface area contributed by atoms with Gasteiger partial charge in [-0.2, -0.15) is 0 Å². The number of halogens is 2. The maximum atomic E-state index is 12.4. The first-order valence-corrected chi connectivity index (χ1v) is 4.25. The molecule has 5 heteroatoms. The Morgan fingerprint density at radius 3 is 2.38 bits per heavy atom. The lowest BCUT2D eigenvalue weighted by atomic mass is 10.4. The fourth-order valence-corrected chi connectivity index (χ4v) is 0.623. The van der Waals surface area contributed by atoms with Crippen LogP contribution in [-0.2, 0) is 9.47 Å². The molecule has 0 aliphatic carbocycles. The fourth-order valence-electron chi connectivity index (χ4n) is 0.623. The molecule has 0 rings (SSSR count). The molecule has 2 N–H and O–H groups in total. The summed E-state index contributed by atoms with van der Waals surface area (Å²) in [4.78, 5) is 0. The lowest BCUT2D eigenvalue weighted by molar-refractivity contribution is -0.0816. The Balaban J connectivity index is 3.26. The fraction of sp³-hybridized carbons (Fsp3) is 1.00. The monoisotopic (exact) mass is 197 g/mol. The minimum Gasteiger partial charge on any atom is -0.376 e. The Hall–Kier alpha value is -0.260.